The van der Waals surface area contributed by atoms with Gasteiger partial charge in [0.1, 0.15) is 5.82 Å². The number of benzene rings is 1. The molecule has 0 N–H and O–H groups in total. The van der Waals surface area contributed by atoms with Gasteiger partial charge in [-0.05, 0) is 32.4 Å². The molecule has 0 bridgehead atoms. The molecule has 1 aromatic carbocycles. The van der Waals surface area contributed by atoms with E-state index in [9.17, 15) is 9.18 Å². The average molecular weight is 223 g/mol. The molecule has 0 saturated carbocycles. The van der Waals surface area contributed by atoms with Gasteiger partial charge in [0.05, 0.1) is 5.56 Å². The van der Waals surface area contributed by atoms with Crippen LogP contribution < -0.4 is 0 Å². The second kappa shape index (κ2) is 5.64. The van der Waals surface area contributed by atoms with Gasteiger partial charge in [-0.1, -0.05) is 19.1 Å². The van der Waals surface area contributed by atoms with E-state index in [4.69, 9.17) is 0 Å². The highest BCUT2D eigenvalue weighted by Gasteiger charge is 2.20. The molecule has 88 valence electrons. The summed E-state index contributed by atoms with van der Waals surface area (Å²) in [5.41, 5.74) is 0.157. The van der Waals surface area contributed by atoms with Crippen molar-refractivity contribution in [1.29, 1.82) is 0 Å². The molecule has 0 fully saturated rings. The zero-order valence-electron chi connectivity index (χ0n) is 10.0. The average Bonchev–Trinajstić information content (AvgIpc) is 2.30. The second-order valence-corrected chi connectivity index (χ2v) is 3.83. The number of nitrogens with zero attached hydrogens (tertiary/aromatic N) is 1. The number of amides is 1. The van der Waals surface area contributed by atoms with Gasteiger partial charge < -0.3 is 4.90 Å². The lowest BCUT2D eigenvalue weighted by Gasteiger charge is -2.27. The van der Waals surface area contributed by atoms with Crippen LogP contribution in [-0.4, -0.2) is 23.4 Å². The summed E-state index contributed by atoms with van der Waals surface area (Å²) in [5.74, 6) is -0.677. The third kappa shape index (κ3) is 2.60. The van der Waals surface area contributed by atoms with Crippen LogP contribution in [0, 0.1) is 5.82 Å². The summed E-state index contributed by atoms with van der Waals surface area (Å²) >= 11 is 0. The van der Waals surface area contributed by atoms with Gasteiger partial charge in [0, 0.05) is 12.6 Å². The first kappa shape index (κ1) is 12.7. The van der Waals surface area contributed by atoms with E-state index >= 15 is 0 Å². The molecule has 1 atom stereocenters. The lowest BCUT2D eigenvalue weighted by atomic mass is 10.1. The maximum Gasteiger partial charge on any atom is 0.257 e. The number of carbonyl (C=O) groups excluding carboxylic acids is 1. The molecule has 0 spiro atoms. The molecule has 0 heterocycles. The van der Waals surface area contributed by atoms with Crippen LogP contribution in [-0.2, 0) is 0 Å². The van der Waals surface area contributed by atoms with Crippen LogP contribution in [0.3, 0.4) is 0 Å². The van der Waals surface area contributed by atoms with Crippen molar-refractivity contribution in [2.24, 2.45) is 0 Å². The fraction of sp³-hybridized carbons (Fsp3) is 0.462. The van der Waals surface area contributed by atoms with Gasteiger partial charge in [0.25, 0.3) is 5.91 Å². The molecule has 16 heavy (non-hydrogen) atoms. The highest BCUT2D eigenvalue weighted by Crippen LogP contribution is 2.13. The number of hydrogen-bond acceptors (Lipinski definition) is 1. The van der Waals surface area contributed by atoms with E-state index in [1.54, 1.807) is 17.0 Å². The van der Waals surface area contributed by atoms with Crippen LogP contribution in [0.25, 0.3) is 0 Å². The molecule has 2 nitrogen and oxygen atoms in total. The van der Waals surface area contributed by atoms with Gasteiger partial charge in [-0.3, -0.25) is 4.79 Å². The topological polar surface area (TPSA) is 20.3 Å². The van der Waals surface area contributed by atoms with Crippen LogP contribution in [0.5, 0.6) is 0 Å². The van der Waals surface area contributed by atoms with E-state index in [1.165, 1.54) is 12.1 Å². The van der Waals surface area contributed by atoms with Crippen LogP contribution >= 0.6 is 0 Å². The van der Waals surface area contributed by atoms with Crippen molar-refractivity contribution in [2.75, 3.05) is 6.54 Å². The Kier molecular flexibility index (Phi) is 4.47. The quantitative estimate of drug-likeness (QED) is 0.768. The third-order valence-electron chi connectivity index (χ3n) is 2.83. The first-order valence-corrected chi connectivity index (χ1v) is 5.67. The Bertz CT molecular complexity index is 365. The molecule has 0 aliphatic carbocycles. The fourth-order valence-corrected chi connectivity index (χ4v) is 1.67. The maximum atomic E-state index is 13.5. The summed E-state index contributed by atoms with van der Waals surface area (Å²) in [6.45, 7) is 6.50. The molecule has 0 aliphatic rings. The van der Waals surface area contributed by atoms with Crippen molar-refractivity contribution in [2.45, 2.75) is 33.2 Å². The Balaban J connectivity index is 2.96. The zero-order valence-corrected chi connectivity index (χ0v) is 10.0. The van der Waals surface area contributed by atoms with Gasteiger partial charge in [-0.2, -0.15) is 0 Å². The van der Waals surface area contributed by atoms with Gasteiger partial charge in [-0.15, -0.1) is 0 Å². The van der Waals surface area contributed by atoms with Gasteiger partial charge in [0.15, 0.2) is 0 Å². The Morgan fingerprint density at radius 2 is 2.00 bits per heavy atom. The van der Waals surface area contributed by atoms with Crippen molar-refractivity contribution in [3.8, 4) is 0 Å². The minimum atomic E-state index is -0.450. The molecule has 1 amide bonds. The first-order valence-electron chi connectivity index (χ1n) is 5.67. The van der Waals surface area contributed by atoms with Crippen molar-refractivity contribution in [1.82, 2.24) is 4.90 Å². The maximum absolute atomic E-state index is 13.5. The molecule has 0 aliphatic heterocycles. The van der Waals surface area contributed by atoms with Crippen LogP contribution in [0.1, 0.15) is 37.6 Å². The zero-order chi connectivity index (χ0) is 12.1. The summed E-state index contributed by atoms with van der Waals surface area (Å²) < 4.78 is 13.5. The van der Waals surface area contributed by atoms with Crippen molar-refractivity contribution in [3.05, 3.63) is 35.6 Å². The molecule has 0 saturated heterocycles. The summed E-state index contributed by atoms with van der Waals surface area (Å²) in [5, 5.41) is 0. The fourth-order valence-electron chi connectivity index (χ4n) is 1.67. The van der Waals surface area contributed by atoms with Crippen molar-refractivity contribution in [3.63, 3.8) is 0 Å². The molecular formula is C13H18FNO. The Morgan fingerprint density at radius 3 is 2.50 bits per heavy atom. The molecule has 3 heteroatoms. The predicted molar refractivity (Wildman–Crippen MR) is 62.9 cm³/mol. The summed E-state index contributed by atoms with van der Waals surface area (Å²) in [4.78, 5) is 13.8. The second-order valence-electron chi connectivity index (χ2n) is 3.83. The lowest BCUT2D eigenvalue weighted by molar-refractivity contribution is 0.0695. The number of rotatable bonds is 4. The minimum Gasteiger partial charge on any atom is -0.336 e. The van der Waals surface area contributed by atoms with E-state index in [-0.39, 0.29) is 17.5 Å². The van der Waals surface area contributed by atoms with Gasteiger partial charge in [0.2, 0.25) is 0 Å². The summed E-state index contributed by atoms with van der Waals surface area (Å²) in [6, 6.07) is 6.25. The van der Waals surface area contributed by atoms with E-state index in [0.717, 1.165) is 6.42 Å². The first-order chi connectivity index (χ1) is 7.61. The predicted octanol–water partition coefficient (Wildman–Crippen LogP) is 3.09. The number of halogens is 1. The monoisotopic (exact) mass is 223 g/mol. The normalized spacial score (nSPS) is 12.2. The van der Waals surface area contributed by atoms with E-state index in [1.807, 2.05) is 20.8 Å². The molecule has 0 radical (unpaired) electrons. The highest BCUT2D eigenvalue weighted by atomic mass is 19.1. The van der Waals surface area contributed by atoms with E-state index in [2.05, 4.69) is 0 Å². The Morgan fingerprint density at radius 1 is 1.38 bits per heavy atom. The van der Waals surface area contributed by atoms with Crippen LogP contribution in [0.2, 0.25) is 0 Å². The minimum absolute atomic E-state index is 0.136. The van der Waals surface area contributed by atoms with Crippen molar-refractivity contribution >= 4 is 5.91 Å². The lowest BCUT2D eigenvalue weighted by Crippen LogP contribution is -2.38. The molecule has 0 aromatic heterocycles. The number of hydrogen-bond donors (Lipinski definition) is 0. The van der Waals surface area contributed by atoms with Crippen molar-refractivity contribution < 1.29 is 9.18 Å². The summed E-state index contributed by atoms with van der Waals surface area (Å²) in [6.07, 6.45) is 0.869. The highest BCUT2D eigenvalue weighted by molar-refractivity contribution is 5.94. The van der Waals surface area contributed by atoms with Crippen LogP contribution in [0.4, 0.5) is 4.39 Å². The van der Waals surface area contributed by atoms with E-state index < -0.39 is 5.82 Å². The smallest absolute Gasteiger partial charge is 0.257 e. The number of carbonyl (C=O) groups is 1. The molecule has 1 unspecified atom stereocenters. The standard InChI is InChI=1S/C13H18FNO/c1-4-10(3)15(5-2)13(16)11-8-6-7-9-12(11)14/h6-10H,4-5H2,1-3H3. The molecular weight excluding hydrogens is 205 g/mol. The van der Waals surface area contributed by atoms with Crippen LogP contribution in [0.15, 0.2) is 24.3 Å². The van der Waals surface area contributed by atoms with Gasteiger partial charge in [-0.25, -0.2) is 4.39 Å². The van der Waals surface area contributed by atoms with Gasteiger partial charge >= 0.3 is 0 Å². The Labute approximate surface area is 96.1 Å². The largest absolute Gasteiger partial charge is 0.336 e. The molecule has 1 rings (SSSR count). The summed E-state index contributed by atoms with van der Waals surface area (Å²) in [7, 11) is 0. The van der Waals surface area contributed by atoms with E-state index in [0.29, 0.717) is 6.54 Å². The molecule has 1 aromatic rings. The SMILES string of the molecule is CCC(C)N(CC)C(=O)c1ccccc1F. The Hall–Kier alpha value is -1.38. The third-order valence-corrected chi connectivity index (χ3v) is 2.83.